The molecule has 0 N–H and O–H groups in total. The van der Waals surface area contributed by atoms with Crippen molar-refractivity contribution in [2.24, 2.45) is 0 Å². The van der Waals surface area contributed by atoms with Crippen molar-refractivity contribution < 1.29 is 4.79 Å². The number of halogens is 5. The van der Waals surface area contributed by atoms with Crippen LogP contribution in [0.4, 0.5) is 0 Å². The fourth-order valence-corrected chi connectivity index (χ4v) is 4.04. The third-order valence-corrected chi connectivity index (χ3v) is 5.44. The Balaban J connectivity index is 2.32. The first kappa shape index (κ1) is 17.1. The van der Waals surface area contributed by atoms with Crippen molar-refractivity contribution in [1.82, 2.24) is 4.98 Å². The van der Waals surface area contributed by atoms with Gasteiger partial charge in [-0.1, -0.05) is 58.5 Å². The molecule has 0 atom stereocenters. The molecule has 0 fully saturated rings. The van der Waals surface area contributed by atoms with Gasteiger partial charge in [0.2, 0.25) is 0 Å². The van der Waals surface area contributed by atoms with Crippen LogP contribution < -0.4 is 0 Å². The van der Waals surface area contributed by atoms with Crippen molar-refractivity contribution in [3.63, 3.8) is 0 Å². The molecule has 0 bridgehead atoms. The second-order valence-corrected chi connectivity index (χ2v) is 7.49. The summed E-state index contributed by atoms with van der Waals surface area (Å²) in [7, 11) is 0. The van der Waals surface area contributed by atoms with E-state index in [2.05, 4.69) is 4.98 Å². The molecular weight excluding hydrogens is 423 g/mol. The van der Waals surface area contributed by atoms with E-state index in [1.807, 2.05) is 6.07 Å². The summed E-state index contributed by atoms with van der Waals surface area (Å²) in [6.07, 6.45) is 0. The zero-order valence-corrected chi connectivity index (χ0v) is 16.0. The Morgan fingerprint density at radius 3 is 2.20 bits per heavy atom. The summed E-state index contributed by atoms with van der Waals surface area (Å²) in [6, 6.07) is 10.3. The highest BCUT2D eigenvalue weighted by Crippen LogP contribution is 2.38. The molecular formula is C18H6Cl5NO. The van der Waals surface area contributed by atoms with E-state index in [-0.39, 0.29) is 0 Å². The van der Waals surface area contributed by atoms with E-state index in [4.69, 9.17) is 58.0 Å². The quantitative estimate of drug-likeness (QED) is 0.178. The molecule has 0 aliphatic heterocycles. The van der Waals surface area contributed by atoms with Crippen molar-refractivity contribution in [3.05, 3.63) is 62.1 Å². The van der Waals surface area contributed by atoms with Gasteiger partial charge in [-0.15, -0.1) is 0 Å². The first-order chi connectivity index (χ1) is 11.9. The lowest BCUT2D eigenvalue weighted by atomic mass is 9.99. The number of aromatic nitrogens is 1. The van der Waals surface area contributed by atoms with E-state index in [0.717, 1.165) is 10.8 Å². The van der Waals surface area contributed by atoms with Crippen molar-refractivity contribution in [3.8, 4) is 0 Å². The molecule has 0 saturated heterocycles. The first-order valence-electron chi connectivity index (χ1n) is 7.07. The van der Waals surface area contributed by atoms with Gasteiger partial charge in [0.25, 0.3) is 5.24 Å². The fourth-order valence-electron chi connectivity index (χ4n) is 2.96. The Labute approximate surface area is 167 Å². The number of nitrogens with zero attached hydrogens (tertiary/aromatic N) is 1. The minimum absolute atomic E-state index is 0.305. The van der Waals surface area contributed by atoms with Gasteiger partial charge in [0.05, 0.1) is 31.7 Å². The summed E-state index contributed by atoms with van der Waals surface area (Å²) in [5.74, 6) is 0. The van der Waals surface area contributed by atoms with Crippen LogP contribution in [0.25, 0.3) is 32.6 Å². The smallest absolute Gasteiger partial charge is 0.253 e. The van der Waals surface area contributed by atoms with E-state index in [9.17, 15) is 4.79 Å². The van der Waals surface area contributed by atoms with Gasteiger partial charge in [-0.2, -0.15) is 0 Å². The summed E-state index contributed by atoms with van der Waals surface area (Å²) < 4.78 is 0. The minimum Gasteiger partial charge on any atom is -0.276 e. The molecule has 0 radical (unpaired) electrons. The van der Waals surface area contributed by atoms with Crippen LogP contribution in [0.15, 0.2) is 36.4 Å². The highest BCUT2D eigenvalue weighted by atomic mass is 35.5. The van der Waals surface area contributed by atoms with Crippen LogP contribution in [0.5, 0.6) is 0 Å². The zero-order valence-electron chi connectivity index (χ0n) is 12.2. The van der Waals surface area contributed by atoms with Crippen molar-refractivity contribution in [1.29, 1.82) is 0 Å². The normalized spacial score (nSPS) is 11.6. The average molecular weight is 430 g/mol. The number of rotatable bonds is 1. The molecule has 4 aromatic rings. The molecule has 3 aromatic carbocycles. The number of fused-ring (bicyclic) bond motifs is 4. The number of hydrogen-bond acceptors (Lipinski definition) is 2. The van der Waals surface area contributed by atoms with Crippen molar-refractivity contribution >= 4 is 95.8 Å². The molecule has 0 saturated carbocycles. The third kappa shape index (κ3) is 2.73. The number of carbonyl (C=O) groups is 1. The van der Waals surface area contributed by atoms with Crippen LogP contribution in [0.2, 0.25) is 20.1 Å². The number of benzene rings is 3. The minimum atomic E-state index is -0.616. The van der Waals surface area contributed by atoms with Gasteiger partial charge in [0.15, 0.2) is 0 Å². The second kappa shape index (κ2) is 6.15. The van der Waals surface area contributed by atoms with E-state index in [1.54, 1.807) is 30.3 Å². The van der Waals surface area contributed by atoms with Crippen LogP contribution in [0.3, 0.4) is 0 Å². The number of hydrogen-bond donors (Lipinski definition) is 0. The van der Waals surface area contributed by atoms with E-state index in [1.165, 1.54) is 0 Å². The maximum absolute atomic E-state index is 12.2. The highest BCUT2D eigenvalue weighted by molar-refractivity contribution is 6.70. The summed E-state index contributed by atoms with van der Waals surface area (Å²) in [6.45, 7) is 0. The SMILES string of the molecule is O=C(Cl)c1c2cc(Cl)cc(Cl)c2nc2c1ccc1cc(Cl)c(Cl)cc12. The van der Waals surface area contributed by atoms with Crippen LogP contribution >= 0.6 is 58.0 Å². The molecule has 0 aliphatic rings. The van der Waals surface area contributed by atoms with Gasteiger partial charge in [-0.25, -0.2) is 4.98 Å². The zero-order chi connectivity index (χ0) is 17.9. The molecule has 0 aliphatic carbocycles. The lowest BCUT2D eigenvalue weighted by Gasteiger charge is -2.12. The van der Waals surface area contributed by atoms with Crippen LogP contribution in [0, 0.1) is 0 Å². The molecule has 124 valence electrons. The number of carbonyl (C=O) groups excluding carboxylic acids is 1. The fraction of sp³-hybridized carbons (Fsp3) is 0. The monoisotopic (exact) mass is 427 g/mol. The standard InChI is InChI=1S/C18H6Cl5NO/c19-8-4-11-15(18(23)25)9-2-1-7-3-12(20)13(21)6-10(7)16(9)24-17(11)14(22)5-8/h1-6H. The molecule has 4 rings (SSSR count). The van der Waals surface area contributed by atoms with E-state index in [0.29, 0.717) is 47.5 Å². The summed E-state index contributed by atoms with van der Waals surface area (Å²) in [5, 5.41) is 3.63. The van der Waals surface area contributed by atoms with E-state index < -0.39 is 5.24 Å². The maximum atomic E-state index is 12.2. The second-order valence-electron chi connectivity index (χ2n) is 5.49. The van der Waals surface area contributed by atoms with Crippen molar-refractivity contribution in [2.75, 3.05) is 0 Å². The van der Waals surface area contributed by atoms with Gasteiger partial charge < -0.3 is 0 Å². The Morgan fingerprint density at radius 2 is 1.48 bits per heavy atom. The molecule has 25 heavy (non-hydrogen) atoms. The first-order valence-corrected chi connectivity index (χ1v) is 8.96. The Hall–Kier alpha value is -1.29. The molecule has 0 unspecified atom stereocenters. The van der Waals surface area contributed by atoms with Crippen molar-refractivity contribution in [2.45, 2.75) is 0 Å². The molecule has 7 heteroatoms. The van der Waals surface area contributed by atoms with E-state index >= 15 is 0 Å². The third-order valence-electron chi connectivity index (χ3n) is 4.02. The van der Waals surface area contributed by atoms with Gasteiger partial charge in [0, 0.05) is 21.2 Å². The molecule has 2 nitrogen and oxygen atoms in total. The average Bonchev–Trinajstić information content (AvgIpc) is 2.54. The summed E-state index contributed by atoms with van der Waals surface area (Å²) in [4.78, 5) is 16.8. The Morgan fingerprint density at radius 1 is 0.760 bits per heavy atom. The Bertz CT molecular complexity index is 1220. The molecule has 0 spiro atoms. The predicted molar refractivity (Wildman–Crippen MR) is 107 cm³/mol. The van der Waals surface area contributed by atoms with Gasteiger partial charge in [-0.3, -0.25) is 4.79 Å². The molecule has 1 aromatic heterocycles. The lowest BCUT2D eigenvalue weighted by Crippen LogP contribution is -1.97. The highest BCUT2D eigenvalue weighted by Gasteiger charge is 2.18. The molecule has 0 amide bonds. The van der Waals surface area contributed by atoms with Gasteiger partial charge in [-0.05, 0) is 41.3 Å². The topological polar surface area (TPSA) is 30.0 Å². The van der Waals surface area contributed by atoms with Crippen LogP contribution in [-0.2, 0) is 0 Å². The van der Waals surface area contributed by atoms with Crippen LogP contribution in [-0.4, -0.2) is 10.2 Å². The van der Waals surface area contributed by atoms with Crippen LogP contribution in [0.1, 0.15) is 10.4 Å². The largest absolute Gasteiger partial charge is 0.276 e. The lowest BCUT2D eigenvalue weighted by molar-refractivity contribution is 0.108. The summed E-state index contributed by atoms with van der Waals surface area (Å²) in [5.41, 5.74) is 1.32. The van der Waals surface area contributed by atoms with Gasteiger partial charge in [0.1, 0.15) is 0 Å². The maximum Gasteiger partial charge on any atom is 0.253 e. The molecule has 1 heterocycles. The predicted octanol–water partition coefficient (Wildman–Crippen LogP) is 7.53. The van der Waals surface area contributed by atoms with Gasteiger partial charge >= 0.3 is 0 Å². The Kier molecular flexibility index (Phi) is 4.22. The summed E-state index contributed by atoms with van der Waals surface area (Å²) >= 11 is 30.5. The number of pyridine rings is 1.